The van der Waals surface area contributed by atoms with Crippen molar-refractivity contribution in [2.45, 2.75) is 10.6 Å². The van der Waals surface area contributed by atoms with Crippen molar-refractivity contribution < 1.29 is 0 Å². The number of piperazine rings is 1. The Morgan fingerprint density at radius 2 is 2.09 bits per heavy atom. The van der Waals surface area contributed by atoms with Gasteiger partial charge in [-0.1, -0.05) is 0 Å². The molecule has 2 aliphatic heterocycles. The van der Waals surface area contributed by atoms with E-state index in [0.29, 0.717) is 0 Å². The van der Waals surface area contributed by atoms with Crippen LogP contribution in [0.15, 0.2) is 9.91 Å². The zero-order valence-corrected chi connectivity index (χ0v) is 10.2. The van der Waals surface area contributed by atoms with Crippen LogP contribution < -0.4 is 5.32 Å². The van der Waals surface area contributed by atoms with Crippen LogP contribution in [0.5, 0.6) is 0 Å². The molecule has 0 atom stereocenters. The summed E-state index contributed by atoms with van der Waals surface area (Å²) in [5.41, 5.74) is 0. The van der Waals surface area contributed by atoms with E-state index in [4.69, 9.17) is 0 Å². The van der Waals surface area contributed by atoms with Crippen molar-refractivity contribution in [3.8, 4) is 0 Å². The Bertz CT molecular complexity index is 152. The molecule has 0 bridgehead atoms. The van der Waals surface area contributed by atoms with Gasteiger partial charge in [-0.15, -0.1) is 0 Å². The predicted molar refractivity (Wildman–Crippen MR) is 48.8 cm³/mol. The minimum atomic E-state index is -1.22. The molecule has 0 radical (unpaired) electrons. The zero-order chi connectivity index (χ0) is 7.52. The Morgan fingerprint density at radius 1 is 1.27 bits per heavy atom. The van der Waals surface area contributed by atoms with E-state index >= 15 is 0 Å². The number of nitrogens with zero attached hydrogens (tertiary/aromatic N) is 1. The molecule has 2 heterocycles. The molecule has 2 nitrogen and oxygen atoms in total. The Labute approximate surface area is 76.6 Å². The van der Waals surface area contributed by atoms with Gasteiger partial charge in [0.2, 0.25) is 0 Å². The summed E-state index contributed by atoms with van der Waals surface area (Å²) in [7, 11) is 0. The van der Waals surface area contributed by atoms with Gasteiger partial charge in [0.1, 0.15) is 0 Å². The first-order valence-electron chi connectivity index (χ1n) is 4.58. The monoisotopic (exact) mass is 254 g/mol. The van der Waals surface area contributed by atoms with E-state index in [1.807, 2.05) is 0 Å². The van der Waals surface area contributed by atoms with Gasteiger partial charge in [-0.05, 0) is 0 Å². The third kappa shape index (κ3) is 2.01. The van der Waals surface area contributed by atoms with E-state index in [1.54, 1.807) is 4.18 Å². The molecule has 60 valence electrons. The number of allylic oxidation sites excluding steroid dienone is 1. The number of nitrogens with one attached hydrogen (secondary N) is 1. The molecule has 1 N–H and O–H groups in total. The maximum absolute atomic E-state index is 3.41. The van der Waals surface area contributed by atoms with E-state index < -0.39 is 21.7 Å². The first-order valence-corrected chi connectivity index (χ1v) is 10.3. The van der Waals surface area contributed by atoms with Gasteiger partial charge in [-0.2, -0.15) is 0 Å². The van der Waals surface area contributed by atoms with Crippen LogP contribution in [0.25, 0.3) is 0 Å². The summed E-state index contributed by atoms with van der Waals surface area (Å²) in [5.74, 6) is 0. The van der Waals surface area contributed by atoms with Gasteiger partial charge in [0.15, 0.2) is 0 Å². The molecular formula is C8H15InN2. The SMILES string of the molecule is C1=[CH][In]([N]2CCNCC2)[CH2]C1. The molecule has 0 aromatic heterocycles. The van der Waals surface area contributed by atoms with E-state index in [2.05, 4.69) is 18.1 Å². The topological polar surface area (TPSA) is 15.3 Å². The molecular weight excluding hydrogens is 239 g/mol. The molecule has 1 fully saturated rings. The third-order valence-electron chi connectivity index (χ3n) is 2.61. The summed E-state index contributed by atoms with van der Waals surface area (Å²) in [5, 5.41) is 3.41. The van der Waals surface area contributed by atoms with Crippen molar-refractivity contribution in [1.82, 2.24) is 8.20 Å². The number of rotatable bonds is 1. The van der Waals surface area contributed by atoms with Crippen LogP contribution in [0.4, 0.5) is 0 Å². The molecule has 11 heavy (non-hydrogen) atoms. The second kappa shape index (κ2) is 3.97. The predicted octanol–water partition coefficient (Wildman–Crippen LogP) is 0.382. The Morgan fingerprint density at radius 3 is 2.73 bits per heavy atom. The Balaban J connectivity index is 1.87. The molecule has 0 unspecified atom stereocenters. The summed E-state index contributed by atoms with van der Waals surface area (Å²) in [6, 6.07) is 0. The van der Waals surface area contributed by atoms with Crippen LogP contribution in [0.1, 0.15) is 6.42 Å². The summed E-state index contributed by atoms with van der Waals surface area (Å²) in [6.07, 6.45) is 3.79. The minimum absolute atomic E-state index is 1.22. The fourth-order valence-corrected chi connectivity index (χ4v) is 9.82. The van der Waals surface area contributed by atoms with Crippen molar-refractivity contribution in [2.75, 3.05) is 26.2 Å². The van der Waals surface area contributed by atoms with Gasteiger partial charge in [0, 0.05) is 0 Å². The maximum atomic E-state index is 3.41. The van der Waals surface area contributed by atoms with Crippen molar-refractivity contribution in [2.24, 2.45) is 0 Å². The van der Waals surface area contributed by atoms with Crippen LogP contribution in [0, 0.1) is 0 Å². The first-order chi connectivity index (χ1) is 5.47. The fraction of sp³-hybridized carbons (Fsp3) is 0.750. The van der Waals surface area contributed by atoms with Crippen molar-refractivity contribution >= 4 is 21.7 Å². The second-order valence-electron chi connectivity index (χ2n) is 3.36. The van der Waals surface area contributed by atoms with Gasteiger partial charge < -0.3 is 0 Å². The molecule has 0 aliphatic carbocycles. The Kier molecular flexibility index (Phi) is 2.94. The summed E-state index contributed by atoms with van der Waals surface area (Å²) in [4.78, 5) is 0. The zero-order valence-electron chi connectivity index (χ0n) is 6.92. The molecule has 0 aromatic rings. The first kappa shape index (κ1) is 8.14. The van der Waals surface area contributed by atoms with Gasteiger partial charge in [-0.25, -0.2) is 0 Å². The molecule has 2 aliphatic rings. The van der Waals surface area contributed by atoms with E-state index in [9.17, 15) is 0 Å². The molecule has 3 heteroatoms. The Hall–Kier alpha value is 0.530. The summed E-state index contributed by atoms with van der Waals surface area (Å²) >= 11 is -1.22. The molecule has 0 amide bonds. The van der Waals surface area contributed by atoms with Gasteiger partial charge in [0.25, 0.3) is 0 Å². The van der Waals surface area contributed by atoms with E-state index in [1.165, 1.54) is 32.6 Å². The average Bonchev–Trinajstić information content (AvgIpc) is 2.58. The van der Waals surface area contributed by atoms with Gasteiger partial charge in [0.05, 0.1) is 0 Å². The van der Waals surface area contributed by atoms with Gasteiger partial charge >= 0.3 is 76.6 Å². The quantitative estimate of drug-likeness (QED) is 0.727. The molecule has 0 spiro atoms. The van der Waals surface area contributed by atoms with Crippen molar-refractivity contribution in [3.63, 3.8) is 0 Å². The normalized spacial score (nSPS) is 26.4. The number of hydrogen-bond donors (Lipinski definition) is 1. The van der Waals surface area contributed by atoms with Crippen LogP contribution >= 0.6 is 0 Å². The molecule has 0 aromatic carbocycles. The number of hydrogen-bond acceptors (Lipinski definition) is 2. The third-order valence-corrected chi connectivity index (χ3v) is 11.4. The molecule has 0 saturated carbocycles. The average molecular weight is 254 g/mol. The summed E-state index contributed by atoms with van der Waals surface area (Å²) < 4.78 is 6.93. The van der Waals surface area contributed by atoms with Crippen LogP contribution in [0.3, 0.4) is 0 Å². The van der Waals surface area contributed by atoms with Crippen molar-refractivity contribution in [3.05, 3.63) is 9.91 Å². The van der Waals surface area contributed by atoms with Crippen LogP contribution in [0.2, 0.25) is 4.18 Å². The van der Waals surface area contributed by atoms with Gasteiger partial charge in [-0.3, -0.25) is 0 Å². The second-order valence-corrected chi connectivity index (χ2v) is 11.4. The molecule has 1 saturated heterocycles. The fourth-order valence-electron chi connectivity index (χ4n) is 1.93. The summed E-state index contributed by atoms with van der Waals surface area (Å²) in [6.45, 7) is 5.10. The van der Waals surface area contributed by atoms with Crippen LogP contribution in [-0.2, 0) is 0 Å². The van der Waals surface area contributed by atoms with Crippen LogP contribution in [-0.4, -0.2) is 50.8 Å². The van der Waals surface area contributed by atoms with Crippen molar-refractivity contribution in [1.29, 1.82) is 0 Å². The van der Waals surface area contributed by atoms with E-state index in [-0.39, 0.29) is 0 Å². The van der Waals surface area contributed by atoms with E-state index in [0.717, 1.165) is 0 Å². The molecule has 2 rings (SSSR count). The standard InChI is InChI=1S/C4H9N2.C4H6.In/c1-2-6-4-3-5-1;1-3-4-2;/h5H,1-4H2;1,3H,2,4H2;/q-1;;+1.